The zero-order chi connectivity index (χ0) is 17.2. The molecule has 6 nitrogen and oxygen atoms in total. The number of benzene rings is 1. The highest BCUT2D eigenvalue weighted by Crippen LogP contribution is 2.23. The van der Waals surface area contributed by atoms with Crippen LogP contribution in [0.4, 0.5) is 5.82 Å². The summed E-state index contributed by atoms with van der Waals surface area (Å²) in [6.45, 7) is 7.99. The van der Waals surface area contributed by atoms with Crippen molar-refractivity contribution < 1.29 is 4.52 Å². The number of pyridine rings is 1. The van der Waals surface area contributed by atoms with E-state index in [1.807, 2.05) is 19.1 Å². The third-order valence-corrected chi connectivity index (χ3v) is 4.93. The number of fused-ring (bicyclic) bond motifs is 1. The molecule has 6 heteroatoms. The lowest BCUT2D eigenvalue weighted by Gasteiger charge is -2.37. The summed E-state index contributed by atoms with van der Waals surface area (Å²) in [5.74, 6) is 2.55. The summed E-state index contributed by atoms with van der Waals surface area (Å²) in [5, 5.41) is 5.19. The minimum absolute atomic E-state index is 0.152. The Balaban J connectivity index is 1.43. The number of anilines is 1. The number of hydrogen-bond donors (Lipinski definition) is 0. The van der Waals surface area contributed by atoms with E-state index in [-0.39, 0.29) is 6.04 Å². The molecule has 3 aromatic rings. The van der Waals surface area contributed by atoms with Gasteiger partial charge in [-0.15, -0.1) is 0 Å². The molecule has 1 saturated heterocycles. The average Bonchev–Trinajstić information content (AvgIpc) is 3.16. The predicted octanol–water partition coefficient (Wildman–Crippen LogP) is 3.06. The Bertz CT molecular complexity index is 854. The zero-order valence-corrected chi connectivity index (χ0v) is 14.7. The molecule has 4 rings (SSSR count). The van der Waals surface area contributed by atoms with Crippen molar-refractivity contribution in [3.8, 4) is 0 Å². The molecular weight excluding hydrogens is 314 g/mol. The molecule has 3 heterocycles. The topological polar surface area (TPSA) is 58.3 Å². The normalized spacial score (nSPS) is 17.1. The van der Waals surface area contributed by atoms with Crippen LogP contribution in [0.2, 0.25) is 0 Å². The third-order valence-electron chi connectivity index (χ3n) is 4.93. The van der Waals surface area contributed by atoms with Gasteiger partial charge in [-0.3, -0.25) is 4.90 Å². The first-order valence-corrected chi connectivity index (χ1v) is 8.92. The van der Waals surface area contributed by atoms with Gasteiger partial charge in [0.05, 0.1) is 11.6 Å². The SMILES string of the molecule is CCc1noc(C(C)N2CCN(c3ccc4ccccc4n3)CC2)n1. The Morgan fingerprint density at radius 1 is 1.04 bits per heavy atom. The van der Waals surface area contributed by atoms with Crippen LogP contribution in [0.1, 0.15) is 31.6 Å². The van der Waals surface area contributed by atoms with Crippen molar-refractivity contribution in [1.29, 1.82) is 0 Å². The van der Waals surface area contributed by atoms with Gasteiger partial charge >= 0.3 is 0 Å². The second-order valence-electron chi connectivity index (χ2n) is 6.46. The van der Waals surface area contributed by atoms with Crippen LogP contribution >= 0.6 is 0 Å². The van der Waals surface area contributed by atoms with E-state index in [2.05, 4.69) is 51.1 Å². The fourth-order valence-corrected chi connectivity index (χ4v) is 3.31. The minimum atomic E-state index is 0.152. The molecule has 1 atom stereocenters. The minimum Gasteiger partial charge on any atom is -0.354 e. The van der Waals surface area contributed by atoms with Gasteiger partial charge in [-0.1, -0.05) is 30.3 Å². The molecule has 2 aromatic heterocycles. The van der Waals surface area contributed by atoms with Gasteiger partial charge in [0, 0.05) is 38.0 Å². The van der Waals surface area contributed by atoms with Crippen LogP contribution in [0.5, 0.6) is 0 Å². The van der Waals surface area contributed by atoms with Gasteiger partial charge in [-0.2, -0.15) is 4.98 Å². The number of piperazine rings is 1. The number of rotatable bonds is 4. The molecule has 130 valence electrons. The summed E-state index contributed by atoms with van der Waals surface area (Å²) in [7, 11) is 0. The van der Waals surface area contributed by atoms with Crippen LogP contribution in [-0.4, -0.2) is 46.2 Å². The van der Waals surface area contributed by atoms with E-state index in [9.17, 15) is 0 Å². The summed E-state index contributed by atoms with van der Waals surface area (Å²) < 4.78 is 5.40. The van der Waals surface area contributed by atoms with Crippen LogP contribution in [0.25, 0.3) is 10.9 Å². The second-order valence-corrected chi connectivity index (χ2v) is 6.46. The molecule has 0 saturated carbocycles. The van der Waals surface area contributed by atoms with E-state index in [0.717, 1.165) is 49.8 Å². The van der Waals surface area contributed by atoms with Crippen molar-refractivity contribution in [2.45, 2.75) is 26.3 Å². The molecule has 0 N–H and O–H groups in total. The van der Waals surface area contributed by atoms with Crippen molar-refractivity contribution in [2.24, 2.45) is 0 Å². The van der Waals surface area contributed by atoms with E-state index < -0.39 is 0 Å². The van der Waals surface area contributed by atoms with Crippen LogP contribution in [-0.2, 0) is 6.42 Å². The molecule has 1 unspecified atom stereocenters. The number of aryl methyl sites for hydroxylation is 1. The van der Waals surface area contributed by atoms with E-state index >= 15 is 0 Å². The standard InChI is InChI=1S/C19H23N5O/c1-3-17-21-19(25-22-17)14(2)23-10-12-24(13-11-23)18-9-8-15-6-4-5-7-16(15)20-18/h4-9,14H,3,10-13H2,1-2H3. The van der Waals surface area contributed by atoms with Gasteiger partial charge in [0.1, 0.15) is 5.82 Å². The summed E-state index contributed by atoms with van der Waals surface area (Å²) in [6.07, 6.45) is 0.803. The molecule has 0 amide bonds. The van der Waals surface area contributed by atoms with Gasteiger partial charge in [-0.05, 0) is 25.1 Å². The Morgan fingerprint density at radius 2 is 1.84 bits per heavy atom. The third kappa shape index (κ3) is 3.22. The number of para-hydroxylation sites is 1. The smallest absolute Gasteiger partial charge is 0.243 e. The van der Waals surface area contributed by atoms with Gasteiger partial charge in [0.15, 0.2) is 5.82 Å². The maximum Gasteiger partial charge on any atom is 0.243 e. The van der Waals surface area contributed by atoms with Crippen LogP contribution < -0.4 is 4.90 Å². The first-order valence-electron chi connectivity index (χ1n) is 8.92. The number of nitrogens with zero attached hydrogens (tertiary/aromatic N) is 5. The van der Waals surface area contributed by atoms with Crippen molar-refractivity contribution in [1.82, 2.24) is 20.0 Å². The van der Waals surface area contributed by atoms with Crippen molar-refractivity contribution in [3.63, 3.8) is 0 Å². The first-order chi connectivity index (χ1) is 12.2. The lowest BCUT2D eigenvalue weighted by atomic mass is 10.2. The Morgan fingerprint density at radius 3 is 2.60 bits per heavy atom. The van der Waals surface area contributed by atoms with Crippen LogP contribution in [0.15, 0.2) is 40.9 Å². The molecule has 0 radical (unpaired) electrons. The summed E-state index contributed by atoms with van der Waals surface area (Å²) in [4.78, 5) is 14.0. The molecular formula is C19H23N5O. The van der Waals surface area contributed by atoms with Crippen molar-refractivity contribution >= 4 is 16.7 Å². The Kier molecular flexibility index (Phi) is 4.36. The summed E-state index contributed by atoms with van der Waals surface area (Å²) in [5.41, 5.74) is 1.05. The second kappa shape index (κ2) is 6.80. The van der Waals surface area contributed by atoms with Gasteiger partial charge < -0.3 is 9.42 Å². The molecule has 0 aliphatic carbocycles. The first kappa shape index (κ1) is 16.0. The zero-order valence-electron chi connectivity index (χ0n) is 14.7. The summed E-state index contributed by atoms with van der Waals surface area (Å²) in [6, 6.07) is 12.7. The summed E-state index contributed by atoms with van der Waals surface area (Å²) >= 11 is 0. The molecule has 0 bridgehead atoms. The maximum atomic E-state index is 5.40. The van der Waals surface area contributed by atoms with E-state index in [4.69, 9.17) is 9.51 Å². The van der Waals surface area contributed by atoms with E-state index in [0.29, 0.717) is 5.89 Å². The molecule has 1 aliphatic heterocycles. The highest BCUT2D eigenvalue weighted by molar-refractivity contribution is 5.80. The highest BCUT2D eigenvalue weighted by Gasteiger charge is 2.26. The largest absolute Gasteiger partial charge is 0.354 e. The van der Waals surface area contributed by atoms with Crippen molar-refractivity contribution in [2.75, 3.05) is 31.1 Å². The molecule has 0 spiro atoms. The number of hydrogen-bond acceptors (Lipinski definition) is 6. The average molecular weight is 337 g/mol. The van der Waals surface area contributed by atoms with Gasteiger partial charge in [0.2, 0.25) is 5.89 Å². The predicted molar refractivity (Wildman–Crippen MR) is 97.6 cm³/mol. The fraction of sp³-hybridized carbons (Fsp3) is 0.421. The van der Waals surface area contributed by atoms with Gasteiger partial charge in [-0.25, -0.2) is 4.98 Å². The highest BCUT2D eigenvalue weighted by atomic mass is 16.5. The van der Waals surface area contributed by atoms with Gasteiger partial charge in [0.25, 0.3) is 0 Å². The molecule has 1 fully saturated rings. The Labute approximate surface area is 147 Å². The quantitative estimate of drug-likeness (QED) is 0.729. The van der Waals surface area contributed by atoms with E-state index in [1.165, 1.54) is 5.39 Å². The van der Waals surface area contributed by atoms with Crippen LogP contribution in [0, 0.1) is 0 Å². The van der Waals surface area contributed by atoms with E-state index in [1.54, 1.807) is 0 Å². The lowest BCUT2D eigenvalue weighted by Crippen LogP contribution is -2.47. The Hall–Kier alpha value is -2.47. The lowest BCUT2D eigenvalue weighted by molar-refractivity contribution is 0.164. The fourth-order valence-electron chi connectivity index (χ4n) is 3.31. The molecule has 1 aliphatic rings. The monoisotopic (exact) mass is 337 g/mol. The molecule has 25 heavy (non-hydrogen) atoms. The van der Waals surface area contributed by atoms with Crippen molar-refractivity contribution in [3.05, 3.63) is 48.1 Å². The molecule has 1 aromatic carbocycles. The van der Waals surface area contributed by atoms with Crippen LogP contribution in [0.3, 0.4) is 0 Å². The number of aromatic nitrogens is 3. The maximum absolute atomic E-state index is 5.40.